The third kappa shape index (κ3) is 7.08. The van der Waals surface area contributed by atoms with Crippen molar-refractivity contribution in [3.8, 4) is 23.2 Å². The van der Waals surface area contributed by atoms with E-state index in [4.69, 9.17) is 26.1 Å². The number of hydrogen-bond acceptors (Lipinski definition) is 11. The maximum Gasteiger partial charge on any atom is 0.412 e. The molecule has 8 rings (SSSR count). The molecule has 0 bridgehead atoms. The van der Waals surface area contributed by atoms with Gasteiger partial charge < -0.3 is 14.4 Å². The zero-order valence-corrected chi connectivity index (χ0v) is 34.3. The van der Waals surface area contributed by atoms with Crippen LogP contribution >= 0.6 is 22.9 Å². The summed E-state index contributed by atoms with van der Waals surface area (Å²) in [4.78, 5) is 52.4. The fourth-order valence-corrected chi connectivity index (χ4v) is 10.8. The van der Waals surface area contributed by atoms with Gasteiger partial charge in [0.2, 0.25) is 11.8 Å². The molecule has 58 heavy (non-hydrogen) atoms. The van der Waals surface area contributed by atoms with E-state index in [2.05, 4.69) is 15.2 Å². The molecule has 0 radical (unpaired) electrons. The van der Waals surface area contributed by atoms with E-state index in [1.54, 1.807) is 26.8 Å². The Labute approximate surface area is 342 Å². The van der Waals surface area contributed by atoms with Crippen molar-refractivity contribution in [2.24, 2.45) is 17.8 Å². The number of carbonyl (C=O) groups excluding carboxylic acids is 3. The Bertz CT molecular complexity index is 2410. The SMILES string of the molecule is CC(=O)N(C)C(=O)C1C[C@@H]2CN(c3nc(OC[C@@]45CCCN4C[C@H](F)C5)nc4c(F)c(-c5ccc(F)c6sc(NC(=O)OC(C)(C)C)c(C#N)c56)c(Cl)cc34)C[C@@H]2C1. The maximum atomic E-state index is 17.4. The second-order valence-electron chi connectivity index (χ2n) is 17.0. The molecule has 5 atom stereocenters. The fraction of sp³-hybridized carbons (Fsp3) is 0.512. The Morgan fingerprint density at radius 2 is 1.88 bits per heavy atom. The van der Waals surface area contributed by atoms with E-state index in [-0.39, 0.29) is 84.5 Å². The molecule has 3 saturated heterocycles. The summed E-state index contributed by atoms with van der Waals surface area (Å²) in [7, 11) is 1.49. The van der Waals surface area contributed by atoms with Crippen LogP contribution in [0.2, 0.25) is 5.02 Å². The summed E-state index contributed by atoms with van der Waals surface area (Å²) in [5, 5.41) is 13.2. The summed E-state index contributed by atoms with van der Waals surface area (Å²) in [6.07, 6.45) is 1.27. The second kappa shape index (κ2) is 14.8. The zero-order valence-electron chi connectivity index (χ0n) is 32.8. The molecular weight excluding hydrogens is 795 g/mol. The third-order valence-corrected chi connectivity index (χ3v) is 13.5. The number of rotatable bonds is 7. The number of halogens is 4. The average Bonchev–Trinajstić information content (AvgIpc) is 3.96. The van der Waals surface area contributed by atoms with Crippen molar-refractivity contribution in [3.63, 3.8) is 0 Å². The Hall–Kier alpha value is -4.72. The quantitative estimate of drug-likeness (QED) is 0.194. The smallest absolute Gasteiger partial charge is 0.412 e. The third-order valence-electron chi connectivity index (χ3n) is 12.1. The normalized spacial score (nSPS) is 24.2. The Morgan fingerprint density at radius 3 is 2.55 bits per heavy atom. The lowest BCUT2D eigenvalue weighted by molar-refractivity contribution is -0.144. The highest BCUT2D eigenvalue weighted by atomic mass is 35.5. The van der Waals surface area contributed by atoms with Gasteiger partial charge in [0, 0.05) is 62.3 Å². The summed E-state index contributed by atoms with van der Waals surface area (Å²) in [6, 6.07) is 5.97. The van der Waals surface area contributed by atoms with Crippen LogP contribution in [0.15, 0.2) is 18.2 Å². The lowest BCUT2D eigenvalue weighted by atomic mass is 9.95. The Morgan fingerprint density at radius 1 is 1.16 bits per heavy atom. The minimum absolute atomic E-state index is 0.000986. The molecule has 4 aromatic rings. The number of carbonyl (C=O) groups is 3. The summed E-state index contributed by atoms with van der Waals surface area (Å²) < 4.78 is 59.2. The minimum atomic E-state index is -0.989. The number of nitrogens with one attached hydrogen (secondary N) is 1. The van der Waals surface area contributed by atoms with E-state index in [1.807, 2.05) is 11.0 Å². The van der Waals surface area contributed by atoms with Gasteiger partial charge >= 0.3 is 12.1 Å². The number of hydrogen-bond donors (Lipinski definition) is 1. The van der Waals surface area contributed by atoms with Gasteiger partial charge in [0.1, 0.15) is 46.6 Å². The molecule has 4 fully saturated rings. The van der Waals surface area contributed by atoms with E-state index in [9.17, 15) is 24.0 Å². The minimum Gasteiger partial charge on any atom is -0.461 e. The number of aromatic nitrogens is 2. The van der Waals surface area contributed by atoms with Gasteiger partial charge in [0.05, 0.1) is 20.8 Å². The van der Waals surface area contributed by atoms with Crippen LogP contribution < -0.4 is 15.0 Å². The molecule has 1 aliphatic carbocycles. The molecule has 3 aliphatic heterocycles. The summed E-state index contributed by atoms with van der Waals surface area (Å²) >= 11 is 7.78. The predicted octanol–water partition coefficient (Wildman–Crippen LogP) is 8.08. The molecular formula is C41H43ClF3N7O5S. The number of nitriles is 1. The lowest BCUT2D eigenvalue weighted by Gasteiger charge is -2.31. The van der Waals surface area contributed by atoms with Gasteiger partial charge in [-0.3, -0.25) is 24.7 Å². The number of benzene rings is 2. The Balaban J connectivity index is 1.21. The molecule has 5 heterocycles. The van der Waals surface area contributed by atoms with Crippen molar-refractivity contribution >= 4 is 72.7 Å². The monoisotopic (exact) mass is 837 g/mol. The lowest BCUT2D eigenvalue weighted by Crippen LogP contribution is -2.43. The van der Waals surface area contributed by atoms with Gasteiger partial charge in [0.15, 0.2) is 5.82 Å². The van der Waals surface area contributed by atoms with Crippen LogP contribution in [0, 0.1) is 40.7 Å². The largest absolute Gasteiger partial charge is 0.461 e. The number of anilines is 2. The van der Waals surface area contributed by atoms with Gasteiger partial charge in [-0.05, 0) is 82.5 Å². The van der Waals surface area contributed by atoms with Crippen molar-refractivity contribution in [1.29, 1.82) is 5.26 Å². The van der Waals surface area contributed by atoms with Crippen LogP contribution in [-0.4, -0.2) is 94.8 Å². The van der Waals surface area contributed by atoms with Crippen LogP contribution in [0.4, 0.5) is 28.8 Å². The number of nitrogens with zero attached hydrogens (tertiary/aromatic N) is 6. The molecule has 2 aromatic carbocycles. The molecule has 0 spiro atoms. The van der Waals surface area contributed by atoms with Crippen LogP contribution in [0.25, 0.3) is 32.1 Å². The molecule has 17 heteroatoms. The van der Waals surface area contributed by atoms with Gasteiger partial charge in [0.25, 0.3) is 0 Å². The number of fused-ring (bicyclic) bond motifs is 4. The molecule has 12 nitrogen and oxygen atoms in total. The van der Waals surface area contributed by atoms with E-state index in [0.29, 0.717) is 50.1 Å². The van der Waals surface area contributed by atoms with Gasteiger partial charge in [-0.15, -0.1) is 11.3 Å². The van der Waals surface area contributed by atoms with Crippen molar-refractivity contribution in [3.05, 3.63) is 40.4 Å². The number of alkyl halides is 1. The van der Waals surface area contributed by atoms with Crippen molar-refractivity contribution in [2.45, 2.75) is 77.1 Å². The second-order valence-corrected chi connectivity index (χ2v) is 18.4. The molecule has 3 amide bonds. The highest BCUT2D eigenvalue weighted by Crippen LogP contribution is 2.49. The topological polar surface area (TPSA) is 141 Å². The molecule has 1 saturated carbocycles. The molecule has 1 unspecified atom stereocenters. The zero-order chi connectivity index (χ0) is 41.4. The van der Waals surface area contributed by atoms with Crippen molar-refractivity contribution in [1.82, 2.24) is 19.8 Å². The summed E-state index contributed by atoms with van der Waals surface area (Å²) in [5.41, 5.74) is -1.63. The van der Waals surface area contributed by atoms with Gasteiger partial charge in [-0.2, -0.15) is 15.2 Å². The number of imide groups is 1. The highest BCUT2D eigenvalue weighted by molar-refractivity contribution is 7.23. The van der Waals surface area contributed by atoms with Crippen LogP contribution in [0.5, 0.6) is 6.01 Å². The first-order chi connectivity index (χ1) is 27.5. The average molecular weight is 838 g/mol. The number of ether oxygens (including phenoxy) is 2. The van der Waals surface area contributed by atoms with E-state index in [1.165, 1.54) is 20.0 Å². The maximum absolute atomic E-state index is 17.4. The number of thiophene rings is 1. The number of amides is 3. The molecule has 306 valence electrons. The standard InChI is InChI=1S/C41H43ClF3N7O5S/c1-20(53)50(5)37(54)21-11-22-16-51(17-23(22)12-21)35-26-13-28(42)31(32(45)33(26)47-38(48-35)56-19-41-9-6-10-52(41)18-24(43)14-41)25-7-8-29(44)34-30(25)27(15-46)36(58-34)49-39(55)57-40(2,3)4/h7-8,13,21-24H,6,9-12,14,16-19H2,1-5H3,(H,49,55)/t21?,22-,23+,24-,41+/m1/s1. The molecule has 1 N–H and O–H groups in total. The predicted molar refractivity (Wildman–Crippen MR) is 214 cm³/mol. The van der Waals surface area contributed by atoms with Crippen molar-refractivity contribution in [2.75, 3.05) is 50.1 Å². The van der Waals surface area contributed by atoms with Gasteiger partial charge in [-0.1, -0.05) is 17.7 Å². The summed E-state index contributed by atoms with van der Waals surface area (Å²) in [6.45, 7) is 8.57. The molecule has 4 aliphatic rings. The summed E-state index contributed by atoms with van der Waals surface area (Å²) in [5.74, 6) is -1.76. The molecule has 2 aromatic heterocycles. The van der Waals surface area contributed by atoms with Crippen LogP contribution in [-0.2, 0) is 14.3 Å². The van der Waals surface area contributed by atoms with E-state index >= 15 is 8.78 Å². The van der Waals surface area contributed by atoms with Crippen molar-refractivity contribution < 1.29 is 37.0 Å². The first-order valence-corrected chi connectivity index (χ1v) is 20.6. The Kier molecular flexibility index (Phi) is 10.2. The fourth-order valence-electron chi connectivity index (χ4n) is 9.43. The van der Waals surface area contributed by atoms with Gasteiger partial charge in [-0.25, -0.2) is 18.0 Å². The first kappa shape index (κ1) is 40.1. The van der Waals surface area contributed by atoms with E-state index in [0.717, 1.165) is 41.7 Å². The first-order valence-electron chi connectivity index (χ1n) is 19.4. The van der Waals surface area contributed by atoms with E-state index < -0.39 is 35.0 Å². The van der Waals surface area contributed by atoms with Crippen LogP contribution in [0.3, 0.4) is 0 Å². The van der Waals surface area contributed by atoms with Crippen LogP contribution in [0.1, 0.15) is 65.4 Å². The highest BCUT2D eigenvalue weighted by Gasteiger charge is 2.50.